The van der Waals surface area contributed by atoms with E-state index in [1.165, 1.54) is 0 Å². The van der Waals surface area contributed by atoms with Crippen LogP contribution in [0, 0.1) is 6.92 Å². The maximum Gasteiger partial charge on any atom is 0.222 e. The molecule has 1 atom stereocenters. The largest absolute Gasteiger partial charge is 0.437 e. The highest BCUT2D eigenvalue weighted by molar-refractivity contribution is 6.42. The summed E-state index contributed by atoms with van der Waals surface area (Å²) < 4.78 is 5.72. The number of ether oxygens (including phenoxy) is 1. The number of rotatable bonds is 4. The summed E-state index contributed by atoms with van der Waals surface area (Å²) in [6.07, 6.45) is 2.55. The predicted octanol–water partition coefficient (Wildman–Crippen LogP) is 4.38. The fraction of sp³-hybridized carbons (Fsp3) is 0.267. The summed E-state index contributed by atoms with van der Waals surface area (Å²) in [7, 11) is 0. The van der Waals surface area contributed by atoms with Crippen LogP contribution < -0.4 is 10.5 Å². The second-order valence-electron chi connectivity index (χ2n) is 4.80. The van der Waals surface area contributed by atoms with Gasteiger partial charge in [0, 0.05) is 17.8 Å². The van der Waals surface area contributed by atoms with E-state index in [1.54, 1.807) is 24.4 Å². The Labute approximate surface area is 128 Å². The minimum atomic E-state index is 0.102. The van der Waals surface area contributed by atoms with Gasteiger partial charge in [0.2, 0.25) is 5.88 Å². The van der Waals surface area contributed by atoms with Gasteiger partial charge in [-0.15, -0.1) is 0 Å². The highest BCUT2D eigenvalue weighted by Crippen LogP contribution is 2.34. The molecule has 0 radical (unpaired) electrons. The van der Waals surface area contributed by atoms with Gasteiger partial charge in [-0.3, -0.25) is 0 Å². The average Bonchev–Trinajstić information content (AvgIpc) is 2.37. The number of benzene rings is 1. The van der Waals surface area contributed by atoms with Crippen LogP contribution in [0.15, 0.2) is 30.5 Å². The van der Waals surface area contributed by atoms with Gasteiger partial charge < -0.3 is 10.5 Å². The summed E-state index contributed by atoms with van der Waals surface area (Å²) in [6, 6.07) is 7.37. The van der Waals surface area contributed by atoms with Crippen LogP contribution in [0.5, 0.6) is 11.6 Å². The van der Waals surface area contributed by atoms with E-state index in [4.69, 9.17) is 33.7 Å². The molecule has 0 bridgehead atoms. The molecule has 1 heterocycles. The van der Waals surface area contributed by atoms with Crippen LogP contribution in [0.4, 0.5) is 0 Å². The van der Waals surface area contributed by atoms with Crippen LogP contribution in [-0.2, 0) is 6.42 Å². The molecule has 5 heteroatoms. The number of aromatic nitrogens is 1. The molecule has 0 spiro atoms. The molecule has 2 rings (SSSR count). The summed E-state index contributed by atoms with van der Waals surface area (Å²) in [5.74, 6) is 1.01. The molecular formula is C15H16Cl2N2O. The molecule has 20 heavy (non-hydrogen) atoms. The van der Waals surface area contributed by atoms with Crippen LogP contribution in [-0.4, -0.2) is 11.0 Å². The van der Waals surface area contributed by atoms with Gasteiger partial charge in [-0.25, -0.2) is 4.98 Å². The average molecular weight is 311 g/mol. The standard InChI is InChI=1S/C15H16Cl2N2O/c1-9-6-11(7-10(2)18)8-19-15(9)20-13-5-3-4-12(16)14(13)17/h3-6,8,10H,7,18H2,1-2H3. The van der Waals surface area contributed by atoms with Crippen LogP contribution in [0.2, 0.25) is 10.0 Å². The predicted molar refractivity (Wildman–Crippen MR) is 82.9 cm³/mol. The summed E-state index contributed by atoms with van der Waals surface area (Å²) >= 11 is 12.1. The van der Waals surface area contributed by atoms with E-state index in [0.717, 1.165) is 17.5 Å². The lowest BCUT2D eigenvalue weighted by Crippen LogP contribution is -2.17. The quantitative estimate of drug-likeness (QED) is 0.911. The second kappa shape index (κ2) is 6.44. The molecule has 0 fully saturated rings. The Morgan fingerprint density at radius 2 is 2.10 bits per heavy atom. The van der Waals surface area contributed by atoms with E-state index < -0.39 is 0 Å². The molecule has 106 valence electrons. The Morgan fingerprint density at radius 1 is 1.35 bits per heavy atom. The molecule has 2 aromatic rings. The van der Waals surface area contributed by atoms with E-state index >= 15 is 0 Å². The van der Waals surface area contributed by atoms with E-state index in [1.807, 2.05) is 19.9 Å². The first-order chi connectivity index (χ1) is 9.47. The zero-order valence-corrected chi connectivity index (χ0v) is 12.9. The van der Waals surface area contributed by atoms with Crippen molar-refractivity contribution in [2.45, 2.75) is 26.3 Å². The molecule has 0 aliphatic rings. The van der Waals surface area contributed by atoms with Crippen molar-refractivity contribution in [3.8, 4) is 11.6 Å². The maximum atomic E-state index is 6.09. The first-order valence-corrected chi connectivity index (χ1v) is 7.06. The Kier molecular flexibility index (Phi) is 4.86. The molecule has 2 N–H and O–H groups in total. The summed E-state index contributed by atoms with van der Waals surface area (Å²) in [5.41, 5.74) is 7.80. The Bertz CT molecular complexity index is 615. The molecule has 3 nitrogen and oxygen atoms in total. The van der Waals surface area contributed by atoms with Crippen LogP contribution in [0.25, 0.3) is 0 Å². The SMILES string of the molecule is Cc1cc(CC(C)N)cnc1Oc1cccc(Cl)c1Cl. The van der Waals surface area contributed by atoms with Gasteiger partial charge >= 0.3 is 0 Å². The topological polar surface area (TPSA) is 48.1 Å². The molecule has 0 aliphatic heterocycles. The minimum Gasteiger partial charge on any atom is -0.437 e. The zero-order chi connectivity index (χ0) is 14.7. The van der Waals surface area contributed by atoms with Crippen molar-refractivity contribution in [3.63, 3.8) is 0 Å². The number of halogens is 2. The summed E-state index contributed by atoms with van der Waals surface area (Å²) in [4.78, 5) is 4.32. The van der Waals surface area contributed by atoms with Crippen molar-refractivity contribution in [1.82, 2.24) is 4.98 Å². The fourth-order valence-corrected chi connectivity index (χ4v) is 2.21. The molecular weight excluding hydrogens is 295 g/mol. The highest BCUT2D eigenvalue weighted by Gasteiger charge is 2.10. The summed E-state index contributed by atoms with van der Waals surface area (Å²) in [5, 5.41) is 0.838. The molecule has 0 amide bonds. The van der Waals surface area contributed by atoms with Gasteiger partial charge in [0.1, 0.15) is 10.8 Å². The monoisotopic (exact) mass is 310 g/mol. The summed E-state index contributed by atoms with van der Waals surface area (Å²) in [6.45, 7) is 3.90. The molecule has 1 aromatic heterocycles. The molecule has 1 aromatic carbocycles. The molecule has 1 unspecified atom stereocenters. The zero-order valence-electron chi connectivity index (χ0n) is 11.4. The first kappa shape index (κ1) is 15.1. The van der Waals surface area contributed by atoms with E-state index in [-0.39, 0.29) is 6.04 Å². The fourth-order valence-electron chi connectivity index (χ4n) is 1.88. The minimum absolute atomic E-state index is 0.102. The third-order valence-electron chi connectivity index (χ3n) is 2.77. The van der Waals surface area contributed by atoms with Crippen molar-refractivity contribution < 1.29 is 4.74 Å². The van der Waals surface area contributed by atoms with E-state index in [0.29, 0.717) is 21.7 Å². The number of hydrogen-bond acceptors (Lipinski definition) is 3. The number of pyridine rings is 1. The molecule has 0 saturated carbocycles. The third kappa shape index (κ3) is 3.63. The third-order valence-corrected chi connectivity index (χ3v) is 3.57. The van der Waals surface area contributed by atoms with Gasteiger partial charge in [0.25, 0.3) is 0 Å². The Balaban J connectivity index is 2.24. The highest BCUT2D eigenvalue weighted by atomic mass is 35.5. The van der Waals surface area contributed by atoms with Crippen molar-refractivity contribution in [1.29, 1.82) is 0 Å². The van der Waals surface area contributed by atoms with Gasteiger partial charge in [-0.2, -0.15) is 0 Å². The first-order valence-electron chi connectivity index (χ1n) is 6.30. The molecule has 0 saturated heterocycles. The van der Waals surface area contributed by atoms with Crippen molar-refractivity contribution >= 4 is 23.2 Å². The number of hydrogen-bond donors (Lipinski definition) is 1. The number of aryl methyl sites for hydroxylation is 1. The van der Waals surface area contributed by atoms with Crippen molar-refractivity contribution in [3.05, 3.63) is 51.6 Å². The van der Waals surface area contributed by atoms with Gasteiger partial charge in [-0.05, 0) is 44.0 Å². The number of nitrogens with zero attached hydrogens (tertiary/aromatic N) is 1. The van der Waals surface area contributed by atoms with Gasteiger partial charge in [0.05, 0.1) is 5.02 Å². The van der Waals surface area contributed by atoms with Crippen molar-refractivity contribution in [2.24, 2.45) is 5.73 Å². The second-order valence-corrected chi connectivity index (χ2v) is 5.59. The van der Waals surface area contributed by atoms with Gasteiger partial charge in [0.15, 0.2) is 0 Å². The smallest absolute Gasteiger partial charge is 0.222 e. The lowest BCUT2D eigenvalue weighted by Gasteiger charge is -2.11. The van der Waals surface area contributed by atoms with Crippen LogP contribution in [0.1, 0.15) is 18.1 Å². The van der Waals surface area contributed by atoms with Crippen molar-refractivity contribution in [2.75, 3.05) is 0 Å². The Hall–Kier alpha value is -1.29. The Morgan fingerprint density at radius 3 is 2.75 bits per heavy atom. The van der Waals surface area contributed by atoms with E-state index in [2.05, 4.69) is 4.98 Å². The lowest BCUT2D eigenvalue weighted by molar-refractivity contribution is 0.458. The normalized spacial score (nSPS) is 12.2. The van der Waals surface area contributed by atoms with E-state index in [9.17, 15) is 0 Å². The molecule has 0 aliphatic carbocycles. The van der Waals surface area contributed by atoms with Gasteiger partial charge in [-0.1, -0.05) is 29.3 Å². The van der Waals surface area contributed by atoms with Crippen LogP contribution >= 0.6 is 23.2 Å². The maximum absolute atomic E-state index is 6.09. The lowest BCUT2D eigenvalue weighted by atomic mass is 10.1. The number of nitrogens with two attached hydrogens (primary N) is 1. The van der Waals surface area contributed by atoms with Crippen LogP contribution in [0.3, 0.4) is 0 Å².